The number of hydrogen-bond donors (Lipinski definition) is 1. The highest BCUT2D eigenvalue weighted by atomic mass is 32.2. The summed E-state index contributed by atoms with van der Waals surface area (Å²) < 4.78 is 25.7. The van der Waals surface area contributed by atoms with E-state index in [0.29, 0.717) is 6.42 Å². The molecule has 0 fully saturated rings. The van der Waals surface area contributed by atoms with Gasteiger partial charge in [-0.05, 0) is 32.8 Å². The van der Waals surface area contributed by atoms with Crippen LogP contribution in [0.4, 0.5) is 0 Å². The monoisotopic (exact) mass is 299 g/mol. The molecule has 112 valence electrons. The third-order valence-electron chi connectivity index (χ3n) is 2.85. The van der Waals surface area contributed by atoms with E-state index >= 15 is 0 Å². The SMILES string of the molecule is CC(C)(C)N(CC(=O)O)S(=O)(=O)CCc1ccccc1. The van der Waals surface area contributed by atoms with Crippen LogP contribution >= 0.6 is 0 Å². The smallest absolute Gasteiger partial charge is 0.318 e. The molecule has 0 aliphatic heterocycles. The summed E-state index contributed by atoms with van der Waals surface area (Å²) in [7, 11) is -3.62. The largest absolute Gasteiger partial charge is 0.480 e. The molecule has 0 aliphatic carbocycles. The second-order valence-corrected chi connectivity index (χ2v) is 7.64. The van der Waals surface area contributed by atoms with Crippen molar-refractivity contribution in [2.75, 3.05) is 12.3 Å². The third kappa shape index (κ3) is 4.94. The van der Waals surface area contributed by atoms with Crippen LogP contribution in [0.5, 0.6) is 0 Å². The molecule has 1 N–H and O–H groups in total. The zero-order valence-electron chi connectivity index (χ0n) is 12.0. The summed E-state index contributed by atoms with van der Waals surface area (Å²) in [5.74, 6) is -1.25. The number of carboxylic acids is 1. The van der Waals surface area contributed by atoms with Crippen molar-refractivity contribution in [3.8, 4) is 0 Å². The summed E-state index contributed by atoms with van der Waals surface area (Å²) in [6.45, 7) is 4.56. The molecule has 0 saturated heterocycles. The van der Waals surface area contributed by atoms with Gasteiger partial charge in [0.2, 0.25) is 10.0 Å². The average Bonchev–Trinajstić information content (AvgIpc) is 2.33. The number of carboxylic acid groups (broad SMARTS) is 1. The van der Waals surface area contributed by atoms with Gasteiger partial charge in [0.15, 0.2) is 0 Å². The summed E-state index contributed by atoms with van der Waals surface area (Å²) in [4.78, 5) is 10.9. The molecule has 20 heavy (non-hydrogen) atoms. The Morgan fingerprint density at radius 2 is 1.75 bits per heavy atom. The van der Waals surface area contributed by atoms with Crippen LogP contribution in [-0.2, 0) is 21.2 Å². The van der Waals surface area contributed by atoms with Gasteiger partial charge in [-0.1, -0.05) is 30.3 Å². The van der Waals surface area contributed by atoms with E-state index < -0.39 is 28.1 Å². The van der Waals surface area contributed by atoms with Crippen molar-refractivity contribution < 1.29 is 18.3 Å². The zero-order valence-corrected chi connectivity index (χ0v) is 12.9. The van der Waals surface area contributed by atoms with Crippen molar-refractivity contribution in [2.24, 2.45) is 0 Å². The van der Waals surface area contributed by atoms with Gasteiger partial charge in [-0.3, -0.25) is 4.79 Å². The van der Waals surface area contributed by atoms with Gasteiger partial charge in [-0.15, -0.1) is 0 Å². The highest BCUT2D eigenvalue weighted by molar-refractivity contribution is 7.89. The number of hydrogen-bond acceptors (Lipinski definition) is 3. The number of benzene rings is 1. The number of aryl methyl sites for hydroxylation is 1. The fourth-order valence-corrected chi connectivity index (χ4v) is 3.73. The first-order valence-corrected chi connectivity index (χ1v) is 8.00. The first-order chi connectivity index (χ1) is 9.13. The van der Waals surface area contributed by atoms with Crippen LogP contribution in [0.3, 0.4) is 0 Å². The third-order valence-corrected chi connectivity index (χ3v) is 4.92. The van der Waals surface area contributed by atoms with Crippen LogP contribution in [0.2, 0.25) is 0 Å². The first kappa shape index (κ1) is 16.7. The van der Waals surface area contributed by atoms with Crippen LogP contribution in [0.25, 0.3) is 0 Å². The van der Waals surface area contributed by atoms with Gasteiger partial charge < -0.3 is 5.11 Å². The topological polar surface area (TPSA) is 74.7 Å². The van der Waals surface area contributed by atoms with Gasteiger partial charge in [0.05, 0.1) is 5.75 Å². The van der Waals surface area contributed by atoms with Crippen LogP contribution in [0.15, 0.2) is 30.3 Å². The Bertz CT molecular complexity index is 546. The molecular formula is C14H21NO4S. The van der Waals surface area contributed by atoms with Crippen LogP contribution in [-0.4, -0.2) is 41.6 Å². The Morgan fingerprint density at radius 1 is 1.20 bits per heavy atom. The predicted octanol–water partition coefficient (Wildman–Crippen LogP) is 1.74. The minimum absolute atomic E-state index is 0.0957. The van der Waals surface area contributed by atoms with Crippen molar-refractivity contribution in [1.82, 2.24) is 4.31 Å². The Balaban J connectivity index is 2.86. The molecule has 5 nitrogen and oxygen atoms in total. The maximum absolute atomic E-state index is 12.3. The number of aliphatic carboxylic acids is 1. The van der Waals surface area contributed by atoms with Crippen LogP contribution in [0, 0.1) is 0 Å². The number of sulfonamides is 1. The normalized spacial score (nSPS) is 12.6. The average molecular weight is 299 g/mol. The fourth-order valence-electron chi connectivity index (χ4n) is 1.88. The molecule has 0 saturated carbocycles. The molecule has 0 heterocycles. The van der Waals surface area contributed by atoms with E-state index in [1.54, 1.807) is 20.8 Å². The lowest BCUT2D eigenvalue weighted by atomic mass is 10.1. The summed E-state index contributed by atoms with van der Waals surface area (Å²) in [5.41, 5.74) is 0.161. The highest BCUT2D eigenvalue weighted by Crippen LogP contribution is 2.19. The van der Waals surface area contributed by atoms with Crippen LogP contribution in [0.1, 0.15) is 26.3 Å². The van der Waals surface area contributed by atoms with Gasteiger partial charge in [-0.2, -0.15) is 4.31 Å². The minimum Gasteiger partial charge on any atom is -0.480 e. The molecule has 0 aromatic heterocycles. The van der Waals surface area contributed by atoms with Crippen molar-refractivity contribution in [1.29, 1.82) is 0 Å². The molecule has 0 spiro atoms. The number of nitrogens with zero attached hydrogens (tertiary/aromatic N) is 1. The first-order valence-electron chi connectivity index (χ1n) is 6.39. The molecule has 0 aliphatic rings. The summed E-state index contributed by atoms with van der Waals surface area (Å²) >= 11 is 0. The quantitative estimate of drug-likeness (QED) is 0.868. The number of rotatable bonds is 6. The Morgan fingerprint density at radius 3 is 2.20 bits per heavy atom. The van der Waals surface area contributed by atoms with Crippen molar-refractivity contribution in [3.63, 3.8) is 0 Å². The predicted molar refractivity (Wildman–Crippen MR) is 78.0 cm³/mol. The standard InChI is InChI=1S/C14H21NO4S/c1-14(2,3)15(11-13(16)17)20(18,19)10-9-12-7-5-4-6-8-12/h4-8H,9-11H2,1-3H3,(H,16,17). The molecular weight excluding hydrogens is 278 g/mol. The molecule has 0 atom stereocenters. The molecule has 1 aromatic carbocycles. The number of carbonyl (C=O) groups is 1. The Kier molecular flexibility index (Phi) is 5.30. The van der Waals surface area contributed by atoms with E-state index in [0.717, 1.165) is 9.87 Å². The van der Waals surface area contributed by atoms with E-state index in [9.17, 15) is 13.2 Å². The highest BCUT2D eigenvalue weighted by Gasteiger charge is 2.33. The van der Waals surface area contributed by atoms with Gasteiger partial charge >= 0.3 is 5.97 Å². The van der Waals surface area contributed by atoms with Gasteiger partial charge in [0, 0.05) is 5.54 Å². The van der Waals surface area contributed by atoms with Gasteiger partial charge in [0.1, 0.15) is 6.54 Å². The molecule has 0 amide bonds. The summed E-state index contributed by atoms with van der Waals surface area (Å²) in [5, 5.41) is 8.89. The van der Waals surface area contributed by atoms with Crippen molar-refractivity contribution in [3.05, 3.63) is 35.9 Å². The molecule has 0 unspecified atom stereocenters. The summed E-state index contributed by atoms with van der Waals surface area (Å²) in [6, 6.07) is 9.27. The van der Waals surface area contributed by atoms with Gasteiger partial charge in [-0.25, -0.2) is 8.42 Å². The summed E-state index contributed by atoms with van der Waals surface area (Å²) in [6.07, 6.45) is 0.370. The van der Waals surface area contributed by atoms with E-state index in [2.05, 4.69) is 0 Å². The second kappa shape index (κ2) is 6.37. The molecule has 1 rings (SSSR count). The molecule has 1 aromatic rings. The van der Waals surface area contributed by atoms with Crippen molar-refractivity contribution in [2.45, 2.75) is 32.7 Å². The van der Waals surface area contributed by atoms with E-state index in [1.807, 2.05) is 30.3 Å². The van der Waals surface area contributed by atoms with Gasteiger partial charge in [0.25, 0.3) is 0 Å². The molecule has 6 heteroatoms. The maximum atomic E-state index is 12.3. The Hall–Kier alpha value is -1.40. The lowest BCUT2D eigenvalue weighted by molar-refractivity contribution is -0.138. The minimum atomic E-state index is -3.62. The molecule has 0 radical (unpaired) electrons. The zero-order chi connectivity index (χ0) is 15.4. The van der Waals surface area contributed by atoms with E-state index in [-0.39, 0.29) is 5.75 Å². The van der Waals surface area contributed by atoms with Crippen molar-refractivity contribution >= 4 is 16.0 Å². The molecule has 0 bridgehead atoms. The fraction of sp³-hybridized carbons (Fsp3) is 0.500. The second-order valence-electron chi connectivity index (χ2n) is 5.62. The Labute approximate surface area is 120 Å². The lowest BCUT2D eigenvalue weighted by Crippen LogP contribution is -2.49. The lowest BCUT2D eigenvalue weighted by Gasteiger charge is -2.33. The maximum Gasteiger partial charge on any atom is 0.318 e. The van der Waals surface area contributed by atoms with Crippen LogP contribution < -0.4 is 0 Å². The van der Waals surface area contributed by atoms with E-state index in [1.165, 1.54) is 0 Å². The van der Waals surface area contributed by atoms with E-state index in [4.69, 9.17) is 5.11 Å².